The summed E-state index contributed by atoms with van der Waals surface area (Å²) in [6.45, 7) is 0.841. The largest absolute Gasteiger partial charge is 0.356 e. The summed E-state index contributed by atoms with van der Waals surface area (Å²) in [6, 6.07) is 10.5. The number of hydrogen-bond donors (Lipinski definition) is 1. The minimum absolute atomic E-state index is 0.203. The minimum atomic E-state index is 0.203. The molecule has 1 atom stereocenters. The van der Waals surface area contributed by atoms with Crippen molar-refractivity contribution in [2.24, 2.45) is 5.92 Å². The molecule has 0 aliphatic carbocycles. The number of carbonyl (C=O) groups is 1. The van der Waals surface area contributed by atoms with Crippen LogP contribution in [0.3, 0.4) is 0 Å². The van der Waals surface area contributed by atoms with E-state index in [-0.39, 0.29) is 5.91 Å². The topological polar surface area (TPSA) is 29.1 Å². The Morgan fingerprint density at radius 3 is 2.71 bits per heavy atom. The van der Waals surface area contributed by atoms with Gasteiger partial charge in [-0.3, -0.25) is 4.79 Å². The zero-order valence-corrected chi connectivity index (χ0v) is 8.20. The third-order valence-electron chi connectivity index (χ3n) is 2.73. The number of rotatable bonds is 2. The van der Waals surface area contributed by atoms with Crippen molar-refractivity contribution in [3.05, 3.63) is 35.9 Å². The lowest BCUT2D eigenvalue weighted by Crippen LogP contribution is -2.35. The van der Waals surface area contributed by atoms with Crippen LogP contribution in [0.4, 0.5) is 0 Å². The molecule has 1 aromatic carbocycles. The molecule has 0 saturated carbocycles. The van der Waals surface area contributed by atoms with Crippen LogP contribution in [0.15, 0.2) is 30.3 Å². The van der Waals surface area contributed by atoms with Gasteiger partial charge >= 0.3 is 0 Å². The average molecular weight is 189 g/mol. The van der Waals surface area contributed by atoms with E-state index in [0.717, 1.165) is 19.4 Å². The Bertz CT molecular complexity index is 297. The molecule has 2 heteroatoms. The van der Waals surface area contributed by atoms with E-state index in [1.807, 2.05) is 6.07 Å². The Hall–Kier alpha value is -1.31. The quantitative estimate of drug-likeness (QED) is 0.754. The molecule has 1 fully saturated rings. The van der Waals surface area contributed by atoms with Crippen LogP contribution < -0.4 is 5.32 Å². The standard InChI is InChI=1S/C12H15NO/c14-12-7-6-11(9-13-12)8-10-4-2-1-3-5-10/h1-5,11H,6-9H2,(H,13,14). The zero-order chi connectivity index (χ0) is 9.80. The normalized spacial score (nSPS) is 21.7. The van der Waals surface area contributed by atoms with Gasteiger partial charge in [-0.05, 0) is 24.3 Å². The van der Waals surface area contributed by atoms with Crippen LogP contribution in [0.2, 0.25) is 0 Å². The van der Waals surface area contributed by atoms with Crippen LogP contribution >= 0.6 is 0 Å². The Balaban J connectivity index is 1.89. The number of piperidine rings is 1. The highest BCUT2D eigenvalue weighted by Crippen LogP contribution is 2.16. The first-order chi connectivity index (χ1) is 6.84. The highest BCUT2D eigenvalue weighted by molar-refractivity contribution is 5.76. The number of benzene rings is 1. The van der Waals surface area contributed by atoms with E-state index in [1.165, 1.54) is 5.56 Å². The summed E-state index contributed by atoms with van der Waals surface area (Å²) in [5, 5.41) is 2.91. The number of carbonyl (C=O) groups excluding carboxylic acids is 1. The summed E-state index contributed by atoms with van der Waals surface area (Å²) in [5.74, 6) is 0.824. The van der Waals surface area contributed by atoms with Gasteiger partial charge < -0.3 is 5.32 Å². The molecule has 1 aromatic rings. The molecule has 1 heterocycles. The highest BCUT2D eigenvalue weighted by Gasteiger charge is 2.17. The van der Waals surface area contributed by atoms with Gasteiger partial charge in [-0.15, -0.1) is 0 Å². The summed E-state index contributed by atoms with van der Waals surface area (Å²) in [5.41, 5.74) is 1.37. The van der Waals surface area contributed by atoms with Gasteiger partial charge in [0.1, 0.15) is 0 Å². The monoisotopic (exact) mass is 189 g/mol. The first-order valence-electron chi connectivity index (χ1n) is 5.15. The maximum Gasteiger partial charge on any atom is 0.220 e. The molecule has 2 rings (SSSR count). The first kappa shape index (κ1) is 9.25. The van der Waals surface area contributed by atoms with Crippen molar-refractivity contribution in [2.75, 3.05) is 6.54 Å². The van der Waals surface area contributed by atoms with Gasteiger partial charge in [-0.1, -0.05) is 30.3 Å². The molecular weight excluding hydrogens is 174 g/mol. The summed E-state index contributed by atoms with van der Waals surface area (Å²) in [4.78, 5) is 10.9. The van der Waals surface area contributed by atoms with Crippen molar-refractivity contribution < 1.29 is 4.79 Å². The zero-order valence-electron chi connectivity index (χ0n) is 8.20. The molecule has 2 nitrogen and oxygen atoms in total. The highest BCUT2D eigenvalue weighted by atomic mass is 16.1. The second-order valence-corrected chi connectivity index (χ2v) is 3.90. The molecule has 0 bridgehead atoms. The third kappa shape index (κ3) is 2.34. The smallest absolute Gasteiger partial charge is 0.220 e. The molecular formula is C12H15NO. The van der Waals surface area contributed by atoms with Gasteiger partial charge in [0.05, 0.1) is 0 Å². The Morgan fingerprint density at radius 1 is 1.29 bits per heavy atom. The molecule has 0 radical (unpaired) electrons. The molecule has 1 amide bonds. The molecule has 0 aromatic heterocycles. The van der Waals surface area contributed by atoms with Crippen LogP contribution in [0.1, 0.15) is 18.4 Å². The molecule has 0 spiro atoms. The number of amides is 1. The van der Waals surface area contributed by atoms with E-state index in [2.05, 4.69) is 29.6 Å². The average Bonchev–Trinajstić information content (AvgIpc) is 2.23. The van der Waals surface area contributed by atoms with Crippen LogP contribution in [0, 0.1) is 5.92 Å². The van der Waals surface area contributed by atoms with E-state index >= 15 is 0 Å². The van der Waals surface area contributed by atoms with E-state index in [0.29, 0.717) is 12.3 Å². The van der Waals surface area contributed by atoms with Gasteiger partial charge in [-0.25, -0.2) is 0 Å². The lowest BCUT2D eigenvalue weighted by atomic mass is 9.92. The number of nitrogens with one attached hydrogen (secondary N) is 1. The Morgan fingerprint density at radius 2 is 2.07 bits per heavy atom. The van der Waals surface area contributed by atoms with E-state index in [1.54, 1.807) is 0 Å². The van der Waals surface area contributed by atoms with Gasteiger partial charge in [0.2, 0.25) is 5.91 Å². The van der Waals surface area contributed by atoms with Gasteiger partial charge in [0.25, 0.3) is 0 Å². The second kappa shape index (κ2) is 4.27. The van der Waals surface area contributed by atoms with E-state index in [4.69, 9.17) is 0 Å². The van der Waals surface area contributed by atoms with Crippen molar-refractivity contribution in [2.45, 2.75) is 19.3 Å². The third-order valence-corrected chi connectivity index (χ3v) is 2.73. The van der Waals surface area contributed by atoms with Crippen molar-refractivity contribution in [1.29, 1.82) is 0 Å². The molecule has 1 N–H and O–H groups in total. The van der Waals surface area contributed by atoms with Crippen LogP contribution in [0.25, 0.3) is 0 Å². The molecule has 1 aliphatic heterocycles. The maximum absolute atomic E-state index is 10.9. The molecule has 74 valence electrons. The predicted octanol–water partition coefficient (Wildman–Crippen LogP) is 1.76. The summed E-state index contributed by atoms with van der Waals surface area (Å²) < 4.78 is 0. The fourth-order valence-electron chi connectivity index (χ4n) is 1.91. The van der Waals surface area contributed by atoms with Crippen LogP contribution in [-0.2, 0) is 11.2 Å². The fourth-order valence-corrected chi connectivity index (χ4v) is 1.91. The fraction of sp³-hybridized carbons (Fsp3) is 0.417. The summed E-state index contributed by atoms with van der Waals surface area (Å²) in [7, 11) is 0. The lowest BCUT2D eigenvalue weighted by molar-refractivity contribution is -0.122. The molecule has 1 aliphatic rings. The second-order valence-electron chi connectivity index (χ2n) is 3.90. The van der Waals surface area contributed by atoms with Crippen LogP contribution in [0.5, 0.6) is 0 Å². The van der Waals surface area contributed by atoms with Crippen LogP contribution in [-0.4, -0.2) is 12.5 Å². The van der Waals surface area contributed by atoms with Gasteiger partial charge in [0.15, 0.2) is 0 Å². The Kier molecular flexibility index (Phi) is 2.82. The van der Waals surface area contributed by atoms with E-state index < -0.39 is 0 Å². The minimum Gasteiger partial charge on any atom is -0.356 e. The molecule has 1 unspecified atom stereocenters. The van der Waals surface area contributed by atoms with Gasteiger partial charge in [-0.2, -0.15) is 0 Å². The summed E-state index contributed by atoms with van der Waals surface area (Å²) >= 11 is 0. The van der Waals surface area contributed by atoms with Crippen molar-refractivity contribution in [3.63, 3.8) is 0 Å². The molecule has 14 heavy (non-hydrogen) atoms. The van der Waals surface area contributed by atoms with Crippen molar-refractivity contribution in [1.82, 2.24) is 5.32 Å². The molecule has 1 saturated heterocycles. The summed E-state index contributed by atoms with van der Waals surface area (Å²) in [6.07, 6.45) is 2.80. The van der Waals surface area contributed by atoms with E-state index in [9.17, 15) is 4.79 Å². The van der Waals surface area contributed by atoms with Crippen molar-refractivity contribution in [3.8, 4) is 0 Å². The maximum atomic E-state index is 10.9. The predicted molar refractivity (Wildman–Crippen MR) is 55.9 cm³/mol. The van der Waals surface area contributed by atoms with Crippen molar-refractivity contribution >= 4 is 5.91 Å². The SMILES string of the molecule is O=C1CCC(Cc2ccccc2)CN1. The first-order valence-corrected chi connectivity index (χ1v) is 5.15. The number of hydrogen-bond acceptors (Lipinski definition) is 1. The lowest BCUT2D eigenvalue weighted by Gasteiger charge is -2.22. The van der Waals surface area contributed by atoms with Gasteiger partial charge in [0, 0.05) is 13.0 Å². The Labute approximate surface area is 84.3 Å².